The van der Waals surface area contributed by atoms with Crippen molar-refractivity contribution in [3.8, 4) is 5.75 Å². The third-order valence-electron chi connectivity index (χ3n) is 4.17. The largest absolute Gasteiger partial charge is 0.492 e. The van der Waals surface area contributed by atoms with Gasteiger partial charge in [-0.2, -0.15) is 0 Å². The van der Waals surface area contributed by atoms with Crippen LogP contribution in [0.4, 0.5) is 5.69 Å². The molecule has 0 spiro atoms. The Morgan fingerprint density at radius 1 is 1.04 bits per heavy atom. The van der Waals surface area contributed by atoms with E-state index in [0.29, 0.717) is 0 Å². The number of para-hydroxylation sites is 1. The van der Waals surface area contributed by atoms with Gasteiger partial charge < -0.3 is 15.0 Å². The molecular formula is C19H24N2OS. The summed E-state index contributed by atoms with van der Waals surface area (Å²) in [6.45, 7) is 8.23. The number of fused-ring (bicyclic) bond motifs is 1. The van der Waals surface area contributed by atoms with E-state index in [-0.39, 0.29) is 5.37 Å². The number of nitrogens with one attached hydrogen (secondary N) is 1. The Morgan fingerprint density at radius 3 is 2.48 bits per heavy atom. The van der Waals surface area contributed by atoms with E-state index in [1.807, 2.05) is 11.8 Å². The molecule has 0 amide bonds. The lowest BCUT2D eigenvalue weighted by atomic mass is 10.2. The van der Waals surface area contributed by atoms with E-state index >= 15 is 0 Å². The van der Waals surface area contributed by atoms with E-state index < -0.39 is 0 Å². The topological polar surface area (TPSA) is 24.5 Å². The Hall–Kier alpha value is -1.65. The first-order valence-electron chi connectivity index (χ1n) is 8.27. The van der Waals surface area contributed by atoms with E-state index in [2.05, 4.69) is 72.6 Å². The molecular weight excluding hydrogens is 304 g/mol. The second-order valence-corrected chi connectivity index (χ2v) is 6.73. The smallest absolute Gasteiger partial charge is 0.119 e. The molecule has 2 aromatic rings. The fraction of sp³-hybridized carbons (Fsp3) is 0.368. The molecule has 1 aliphatic rings. The van der Waals surface area contributed by atoms with Gasteiger partial charge in [-0.05, 0) is 42.9 Å². The molecule has 0 saturated heterocycles. The maximum Gasteiger partial charge on any atom is 0.119 e. The van der Waals surface area contributed by atoms with Crippen LogP contribution < -0.4 is 10.1 Å². The first-order valence-corrected chi connectivity index (χ1v) is 9.15. The molecule has 3 nitrogen and oxygen atoms in total. The Kier molecular flexibility index (Phi) is 5.47. The molecule has 0 aliphatic carbocycles. The van der Waals surface area contributed by atoms with Gasteiger partial charge in [-0.15, -0.1) is 0 Å². The lowest BCUT2D eigenvalue weighted by Crippen LogP contribution is -2.27. The van der Waals surface area contributed by atoms with E-state index in [1.165, 1.54) is 16.1 Å². The minimum absolute atomic E-state index is 0.289. The third kappa shape index (κ3) is 4.01. The molecule has 1 aliphatic heterocycles. The number of thioether (sulfide) groups is 1. The number of hydrogen-bond acceptors (Lipinski definition) is 4. The second kappa shape index (κ2) is 7.75. The normalized spacial score (nSPS) is 16.2. The van der Waals surface area contributed by atoms with Crippen molar-refractivity contribution in [2.75, 3.05) is 31.6 Å². The zero-order valence-electron chi connectivity index (χ0n) is 13.8. The number of anilines is 1. The molecule has 1 heterocycles. The van der Waals surface area contributed by atoms with Gasteiger partial charge in [-0.3, -0.25) is 0 Å². The first kappa shape index (κ1) is 16.2. The minimum atomic E-state index is 0.289. The summed E-state index contributed by atoms with van der Waals surface area (Å²) in [4.78, 5) is 3.68. The van der Waals surface area contributed by atoms with Gasteiger partial charge in [0.2, 0.25) is 0 Å². The van der Waals surface area contributed by atoms with Crippen molar-refractivity contribution in [1.82, 2.24) is 4.90 Å². The maximum atomic E-state index is 5.85. The Labute approximate surface area is 143 Å². The maximum absolute atomic E-state index is 5.85. The van der Waals surface area contributed by atoms with E-state index in [4.69, 9.17) is 4.74 Å². The number of likely N-dealkylation sites (N-methyl/N-ethyl adjacent to an activating group) is 1. The zero-order chi connectivity index (χ0) is 16.1. The van der Waals surface area contributed by atoms with Gasteiger partial charge >= 0.3 is 0 Å². The highest BCUT2D eigenvalue weighted by atomic mass is 32.2. The highest BCUT2D eigenvalue weighted by molar-refractivity contribution is 8.00. The average Bonchev–Trinajstić information content (AvgIpc) is 3.03. The quantitative estimate of drug-likeness (QED) is 0.801. The van der Waals surface area contributed by atoms with E-state index in [0.717, 1.165) is 32.0 Å². The van der Waals surface area contributed by atoms with Crippen LogP contribution in [0.1, 0.15) is 24.8 Å². The summed E-state index contributed by atoms with van der Waals surface area (Å²) in [5.74, 6) is 0.946. The van der Waals surface area contributed by atoms with Crippen LogP contribution in [0.3, 0.4) is 0 Å². The number of ether oxygens (including phenoxy) is 1. The van der Waals surface area contributed by atoms with Gasteiger partial charge in [0.25, 0.3) is 0 Å². The van der Waals surface area contributed by atoms with Gasteiger partial charge in [0.15, 0.2) is 0 Å². The van der Waals surface area contributed by atoms with Crippen LogP contribution >= 0.6 is 11.8 Å². The van der Waals surface area contributed by atoms with Gasteiger partial charge in [-0.25, -0.2) is 0 Å². The number of nitrogens with zero attached hydrogens (tertiary/aromatic N) is 1. The Bertz CT molecular complexity index is 601. The van der Waals surface area contributed by atoms with Crippen molar-refractivity contribution in [2.24, 2.45) is 0 Å². The van der Waals surface area contributed by atoms with E-state index in [1.54, 1.807) is 0 Å². The average molecular weight is 328 g/mol. The Morgan fingerprint density at radius 2 is 1.78 bits per heavy atom. The summed E-state index contributed by atoms with van der Waals surface area (Å²) >= 11 is 1.86. The van der Waals surface area contributed by atoms with Crippen LogP contribution in [-0.2, 0) is 0 Å². The molecule has 0 saturated carbocycles. The van der Waals surface area contributed by atoms with E-state index in [9.17, 15) is 0 Å². The van der Waals surface area contributed by atoms with Crippen molar-refractivity contribution in [1.29, 1.82) is 0 Å². The number of hydrogen-bond donors (Lipinski definition) is 1. The fourth-order valence-electron chi connectivity index (χ4n) is 2.71. The molecule has 2 aromatic carbocycles. The molecule has 3 rings (SSSR count). The van der Waals surface area contributed by atoms with Crippen molar-refractivity contribution < 1.29 is 4.74 Å². The molecule has 4 heteroatoms. The van der Waals surface area contributed by atoms with Gasteiger partial charge in [0, 0.05) is 17.1 Å². The van der Waals surface area contributed by atoms with Crippen LogP contribution in [-0.4, -0.2) is 31.1 Å². The van der Waals surface area contributed by atoms with Crippen LogP contribution in [0.5, 0.6) is 5.75 Å². The molecule has 0 bridgehead atoms. The SMILES string of the molecule is CCN(CC)CCOc1ccc(C2Nc3ccccc3S2)cc1. The van der Waals surface area contributed by atoms with Gasteiger partial charge in [0.1, 0.15) is 17.7 Å². The van der Waals surface area contributed by atoms with Crippen molar-refractivity contribution in [3.05, 3.63) is 54.1 Å². The molecule has 0 fully saturated rings. The summed E-state index contributed by atoms with van der Waals surface area (Å²) in [6, 6.07) is 16.9. The minimum Gasteiger partial charge on any atom is -0.492 e. The van der Waals surface area contributed by atoms with Crippen molar-refractivity contribution in [3.63, 3.8) is 0 Å². The Balaban J connectivity index is 1.54. The molecule has 0 radical (unpaired) electrons. The fourth-order valence-corrected chi connectivity index (χ4v) is 3.85. The summed E-state index contributed by atoms with van der Waals surface area (Å²) in [7, 11) is 0. The van der Waals surface area contributed by atoms with Crippen LogP contribution in [0.15, 0.2) is 53.4 Å². The van der Waals surface area contributed by atoms with Crippen molar-refractivity contribution >= 4 is 17.4 Å². The highest BCUT2D eigenvalue weighted by Crippen LogP contribution is 2.46. The standard InChI is InChI=1S/C19H24N2OS/c1-3-21(4-2)13-14-22-16-11-9-15(10-12-16)19-20-17-7-5-6-8-18(17)23-19/h5-12,19-20H,3-4,13-14H2,1-2H3. The zero-order valence-corrected chi connectivity index (χ0v) is 14.6. The monoisotopic (exact) mass is 328 g/mol. The van der Waals surface area contributed by atoms with Gasteiger partial charge in [0.05, 0.1) is 0 Å². The van der Waals surface area contributed by atoms with Crippen LogP contribution in [0, 0.1) is 0 Å². The number of rotatable bonds is 7. The lowest BCUT2D eigenvalue weighted by Gasteiger charge is -2.18. The molecule has 1 unspecified atom stereocenters. The highest BCUT2D eigenvalue weighted by Gasteiger charge is 2.22. The molecule has 0 aromatic heterocycles. The van der Waals surface area contributed by atoms with Gasteiger partial charge in [-0.1, -0.05) is 49.9 Å². The molecule has 1 atom stereocenters. The predicted octanol–water partition coefficient (Wildman–Crippen LogP) is 4.62. The van der Waals surface area contributed by atoms with Crippen LogP contribution in [0.25, 0.3) is 0 Å². The lowest BCUT2D eigenvalue weighted by molar-refractivity contribution is 0.223. The molecule has 122 valence electrons. The van der Waals surface area contributed by atoms with Crippen LogP contribution in [0.2, 0.25) is 0 Å². The molecule has 23 heavy (non-hydrogen) atoms. The summed E-state index contributed by atoms with van der Waals surface area (Å²) in [5.41, 5.74) is 2.50. The summed E-state index contributed by atoms with van der Waals surface area (Å²) in [6.07, 6.45) is 0. The first-order chi connectivity index (χ1) is 11.3. The third-order valence-corrected chi connectivity index (χ3v) is 5.41. The summed E-state index contributed by atoms with van der Waals surface area (Å²) in [5, 5.41) is 3.85. The second-order valence-electron chi connectivity index (χ2n) is 5.58. The summed E-state index contributed by atoms with van der Waals surface area (Å²) < 4.78 is 5.85. The van der Waals surface area contributed by atoms with Crippen molar-refractivity contribution in [2.45, 2.75) is 24.1 Å². The predicted molar refractivity (Wildman–Crippen MR) is 98.4 cm³/mol. The number of benzene rings is 2. The molecule has 1 N–H and O–H groups in total.